The predicted octanol–water partition coefficient (Wildman–Crippen LogP) is 4.66. The first-order valence-electron chi connectivity index (χ1n) is 13.3. The summed E-state index contributed by atoms with van der Waals surface area (Å²) < 4.78 is 20.0. The smallest absolute Gasteiger partial charge is 0.284 e. The maximum atomic E-state index is 13.7. The molecule has 1 aliphatic heterocycles. The molecular weight excluding hydrogens is 552 g/mol. The summed E-state index contributed by atoms with van der Waals surface area (Å²) >= 11 is 0. The first kappa shape index (κ1) is 27.5. The molecule has 2 N–H and O–H groups in total. The number of hydrogen-bond donors (Lipinski definition) is 2. The van der Waals surface area contributed by atoms with Gasteiger partial charge in [0, 0.05) is 24.7 Å². The van der Waals surface area contributed by atoms with Crippen LogP contribution in [0.4, 0.5) is 5.82 Å². The number of fused-ring (bicyclic) bond motifs is 1. The number of para-hydroxylation sites is 1. The van der Waals surface area contributed by atoms with E-state index in [0.717, 1.165) is 5.39 Å². The quantitative estimate of drug-likeness (QED) is 0.269. The number of aromatic nitrogens is 4. The Balaban J connectivity index is 1.28. The van der Waals surface area contributed by atoms with Crippen LogP contribution in [0.3, 0.4) is 0 Å². The van der Waals surface area contributed by atoms with Crippen molar-refractivity contribution in [2.75, 3.05) is 19.5 Å². The van der Waals surface area contributed by atoms with E-state index in [4.69, 9.17) is 19.0 Å². The summed E-state index contributed by atoms with van der Waals surface area (Å²) in [5, 5.41) is 3.47. The van der Waals surface area contributed by atoms with Crippen molar-refractivity contribution in [1.82, 2.24) is 24.8 Å². The lowest BCUT2D eigenvalue weighted by Crippen LogP contribution is -2.26. The van der Waals surface area contributed by atoms with Crippen molar-refractivity contribution in [3.05, 3.63) is 107 Å². The van der Waals surface area contributed by atoms with Crippen LogP contribution in [0.1, 0.15) is 29.0 Å². The van der Waals surface area contributed by atoms with Gasteiger partial charge in [-0.15, -0.1) is 5.48 Å². The maximum Gasteiger partial charge on any atom is 0.284 e. The molecule has 1 aliphatic rings. The highest BCUT2D eigenvalue weighted by atomic mass is 16.7. The number of nitrogens with one attached hydrogen (secondary N) is 2. The van der Waals surface area contributed by atoms with Gasteiger partial charge in [-0.3, -0.25) is 19.3 Å². The highest BCUT2D eigenvalue weighted by Crippen LogP contribution is 2.37. The van der Waals surface area contributed by atoms with E-state index in [9.17, 15) is 9.59 Å². The van der Waals surface area contributed by atoms with E-state index in [0.29, 0.717) is 45.7 Å². The second kappa shape index (κ2) is 11.3. The molecule has 12 nitrogen and oxygen atoms in total. The number of rotatable bonds is 8. The number of hydroxylamine groups is 1. The number of carbonyl (C=O) groups excluding carboxylic acids is 1. The number of amides is 1. The van der Waals surface area contributed by atoms with E-state index in [2.05, 4.69) is 20.8 Å². The fraction of sp³-hybridized carbons (Fsp3) is 0.161. The van der Waals surface area contributed by atoms with Crippen LogP contribution in [0.25, 0.3) is 16.6 Å². The Morgan fingerprint density at radius 3 is 2.44 bits per heavy atom. The summed E-state index contributed by atoms with van der Waals surface area (Å²) in [6.45, 7) is 1.79. The van der Waals surface area contributed by atoms with Gasteiger partial charge in [0.1, 0.15) is 34.7 Å². The largest absolute Gasteiger partial charge is 0.493 e. The van der Waals surface area contributed by atoms with Crippen molar-refractivity contribution in [2.24, 2.45) is 7.05 Å². The van der Waals surface area contributed by atoms with Crippen LogP contribution < -0.4 is 30.6 Å². The molecule has 0 spiro atoms. The topological polar surface area (TPSA) is 131 Å². The van der Waals surface area contributed by atoms with Crippen LogP contribution in [-0.2, 0) is 11.9 Å². The first-order valence-corrected chi connectivity index (χ1v) is 13.3. The lowest BCUT2D eigenvalue weighted by atomic mass is 10.1. The molecular formula is C31H28N6O6. The fourth-order valence-corrected chi connectivity index (χ4v) is 5.00. The van der Waals surface area contributed by atoms with E-state index in [1.807, 2.05) is 18.2 Å². The number of ether oxygens (including phenoxy) is 3. The average Bonchev–Trinajstić information content (AvgIpc) is 3.56. The Morgan fingerprint density at radius 2 is 1.77 bits per heavy atom. The molecule has 2 aromatic carbocycles. The van der Waals surface area contributed by atoms with Crippen molar-refractivity contribution in [1.29, 1.82) is 0 Å². The summed E-state index contributed by atoms with van der Waals surface area (Å²) in [5.41, 5.74) is 4.10. The number of carbonyl (C=O) groups is 1. The summed E-state index contributed by atoms with van der Waals surface area (Å²) in [7, 11) is 4.84. The number of anilines is 1. The molecule has 43 heavy (non-hydrogen) atoms. The number of nitrogens with zero attached hydrogens (tertiary/aromatic N) is 4. The zero-order valence-corrected chi connectivity index (χ0v) is 23.8. The van der Waals surface area contributed by atoms with Crippen molar-refractivity contribution < 1.29 is 23.8 Å². The Kier molecular flexibility index (Phi) is 7.26. The average molecular weight is 581 g/mol. The number of methoxy groups -OCH3 is 2. The van der Waals surface area contributed by atoms with Gasteiger partial charge in [0.15, 0.2) is 11.5 Å². The number of hydrogen-bond acceptors (Lipinski definition) is 9. The summed E-state index contributed by atoms with van der Waals surface area (Å²) in [5.74, 6) is 2.34. The van der Waals surface area contributed by atoms with Gasteiger partial charge < -0.3 is 24.4 Å². The van der Waals surface area contributed by atoms with Crippen LogP contribution in [0.2, 0.25) is 0 Å². The number of benzene rings is 2. The first-order chi connectivity index (χ1) is 20.9. The van der Waals surface area contributed by atoms with E-state index >= 15 is 0 Å². The molecule has 12 heteroatoms. The molecule has 5 aromatic rings. The zero-order chi connectivity index (χ0) is 30.1. The second-order valence-corrected chi connectivity index (χ2v) is 9.68. The molecule has 3 aromatic heterocycles. The molecule has 0 aliphatic carbocycles. The maximum absolute atomic E-state index is 13.7. The predicted molar refractivity (Wildman–Crippen MR) is 159 cm³/mol. The monoisotopic (exact) mass is 580 g/mol. The van der Waals surface area contributed by atoms with Crippen molar-refractivity contribution in [3.63, 3.8) is 0 Å². The molecule has 1 unspecified atom stereocenters. The molecule has 0 bridgehead atoms. The van der Waals surface area contributed by atoms with Crippen molar-refractivity contribution >= 4 is 22.6 Å². The standard InChI is InChI=1S/C31H28N6O6/c1-18-14-23(35-43-18)29-28(31(39)37(36(29)2)19-8-6-5-7-9-19)30(38)34-27-11-10-20(17-33-27)42-24-12-13-32-22-16-26(41-4)25(40-3)15-21(22)24/h5-17,23,35H,1-4H3,(H,33,34,38). The van der Waals surface area contributed by atoms with Crippen LogP contribution in [0, 0.1) is 0 Å². The zero-order valence-electron chi connectivity index (χ0n) is 23.8. The summed E-state index contributed by atoms with van der Waals surface area (Å²) in [4.78, 5) is 41.4. The third-order valence-corrected chi connectivity index (χ3v) is 6.99. The van der Waals surface area contributed by atoms with Crippen LogP contribution in [0.5, 0.6) is 23.0 Å². The third-order valence-electron chi connectivity index (χ3n) is 6.99. The molecule has 0 saturated carbocycles. The molecule has 0 radical (unpaired) electrons. The van der Waals surface area contributed by atoms with Gasteiger partial charge >= 0.3 is 0 Å². The highest BCUT2D eigenvalue weighted by Gasteiger charge is 2.31. The minimum atomic E-state index is -0.604. The molecule has 0 saturated heterocycles. The molecule has 1 atom stereocenters. The summed E-state index contributed by atoms with van der Waals surface area (Å²) in [6, 6.07) is 17.1. The van der Waals surface area contributed by atoms with Crippen LogP contribution in [0.15, 0.2) is 89.7 Å². The Bertz CT molecular complexity index is 1910. The van der Waals surface area contributed by atoms with E-state index in [1.54, 1.807) is 87.6 Å². The van der Waals surface area contributed by atoms with Crippen molar-refractivity contribution in [3.8, 4) is 28.7 Å². The fourth-order valence-electron chi connectivity index (χ4n) is 5.00. The minimum absolute atomic E-state index is 0.0341. The number of allylic oxidation sites excluding steroid dienone is 1. The van der Waals surface area contributed by atoms with E-state index in [-0.39, 0.29) is 11.4 Å². The Labute approximate surface area is 246 Å². The third kappa shape index (κ3) is 5.15. The van der Waals surface area contributed by atoms with Gasteiger partial charge in [-0.05, 0) is 49.4 Å². The Hall–Kier alpha value is -5.62. The normalized spacial score (nSPS) is 14.2. The second-order valence-electron chi connectivity index (χ2n) is 9.68. The van der Waals surface area contributed by atoms with Gasteiger partial charge in [0.2, 0.25) is 0 Å². The van der Waals surface area contributed by atoms with Crippen molar-refractivity contribution in [2.45, 2.75) is 13.0 Å². The van der Waals surface area contributed by atoms with Gasteiger partial charge in [-0.2, -0.15) is 0 Å². The van der Waals surface area contributed by atoms with Gasteiger partial charge in [-0.1, -0.05) is 18.2 Å². The van der Waals surface area contributed by atoms with Crippen LogP contribution in [-0.4, -0.2) is 39.5 Å². The molecule has 218 valence electrons. The molecule has 4 heterocycles. The van der Waals surface area contributed by atoms with E-state index in [1.165, 1.54) is 10.9 Å². The summed E-state index contributed by atoms with van der Waals surface area (Å²) in [6.07, 6.45) is 4.92. The molecule has 0 fully saturated rings. The molecule has 1 amide bonds. The van der Waals surface area contributed by atoms with Gasteiger partial charge in [0.25, 0.3) is 11.5 Å². The van der Waals surface area contributed by atoms with E-state index < -0.39 is 17.5 Å². The highest BCUT2D eigenvalue weighted by molar-refractivity contribution is 6.04. The van der Waals surface area contributed by atoms with Gasteiger partial charge in [-0.25, -0.2) is 9.67 Å². The lowest BCUT2D eigenvalue weighted by molar-refractivity contribution is 0.101. The lowest BCUT2D eigenvalue weighted by Gasteiger charge is -2.14. The minimum Gasteiger partial charge on any atom is -0.493 e. The van der Waals surface area contributed by atoms with Gasteiger partial charge in [0.05, 0.1) is 37.3 Å². The van der Waals surface area contributed by atoms with Crippen LogP contribution >= 0.6 is 0 Å². The number of pyridine rings is 2. The molecule has 6 rings (SSSR count). The Morgan fingerprint density at radius 1 is 1.00 bits per heavy atom. The SMILES string of the molecule is COc1cc2nccc(Oc3ccc(NC(=O)c4c(C5C=C(C)ON5)n(C)n(-c5ccccc5)c4=O)nc3)c2cc1OC.